The van der Waals surface area contributed by atoms with E-state index in [9.17, 15) is 4.39 Å². The molecule has 0 saturated carbocycles. The molecule has 1 aliphatic rings. The van der Waals surface area contributed by atoms with Crippen LogP contribution in [0.5, 0.6) is 5.75 Å². The van der Waals surface area contributed by atoms with Crippen LogP contribution in [0.4, 0.5) is 4.39 Å². The second-order valence-corrected chi connectivity index (χ2v) is 7.19. The van der Waals surface area contributed by atoms with Crippen LogP contribution in [0.25, 0.3) is 0 Å². The molecule has 29 heavy (non-hydrogen) atoms. The van der Waals surface area contributed by atoms with Crippen molar-refractivity contribution in [3.05, 3.63) is 66.0 Å². The average Bonchev–Trinajstić information content (AvgIpc) is 3.22. The summed E-state index contributed by atoms with van der Waals surface area (Å²) < 4.78 is 25.2. The number of benzene rings is 2. The van der Waals surface area contributed by atoms with Crippen LogP contribution in [0.3, 0.4) is 0 Å². The molecule has 1 fully saturated rings. The molecule has 2 aromatic carbocycles. The minimum Gasteiger partial charge on any atom is -0.489 e. The molecule has 2 N–H and O–H groups in total. The van der Waals surface area contributed by atoms with Gasteiger partial charge in [0.05, 0.1) is 12.6 Å². The fourth-order valence-corrected chi connectivity index (χ4v) is 3.52. The number of aliphatic imine (C=N–C) groups is 1. The Morgan fingerprint density at radius 1 is 1.21 bits per heavy atom. The highest BCUT2D eigenvalue weighted by atomic mass is 19.1. The average molecular weight is 400 g/mol. The fourth-order valence-electron chi connectivity index (χ4n) is 3.52. The Kier molecular flexibility index (Phi) is 7.87. The lowest BCUT2D eigenvalue weighted by molar-refractivity contribution is 0.0915. The largest absolute Gasteiger partial charge is 0.489 e. The molecule has 6 heteroatoms. The van der Waals surface area contributed by atoms with Gasteiger partial charge in [-0.3, -0.25) is 4.99 Å². The summed E-state index contributed by atoms with van der Waals surface area (Å²) in [5.41, 5.74) is 1.22. The molecule has 1 aliphatic heterocycles. The number of rotatable bonds is 8. The predicted octanol–water partition coefficient (Wildman–Crippen LogP) is 3.93. The monoisotopic (exact) mass is 399 g/mol. The quantitative estimate of drug-likeness (QED) is 0.522. The SMILES string of the molecule is CCC(CNC(=NC)NCC1CCOC1c1ccccc1)Oc1cccc(F)c1. The summed E-state index contributed by atoms with van der Waals surface area (Å²) in [6.07, 6.45) is 1.85. The molecule has 2 aromatic rings. The van der Waals surface area contributed by atoms with Gasteiger partial charge in [-0.1, -0.05) is 43.3 Å². The number of hydrogen-bond donors (Lipinski definition) is 2. The molecule has 1 saturated heterocycles. The first-order chi connectivity index (χ1) is 14.2. The number of nitrogens with one attached hydrogen (secondary N) is 2. The summed E-state index contributed by atoms with van der Waals surface area (Å²) in [5, 5.41) is 6.72. The maximum Gasteiger partial charge on any atom is 0.191 e. The normalized spacial score (nSPS) is 20.3. The highest BCUT2D eigenvalue weighted by Crippen LogP contribution is 2.33. The second kappa shape index (κ2) is 10.8. The van der Waals surface area contributed by atoms with Gasteiger partial charge in [0.25, 0.3) is 0 Å². The third-order valence-electron chi connectivity index (χ3n) is 5.15. The zero-order valence-corrected chi connectivity index (χ0v) is 17.1. The number of guanidine groups is 1. The van der Waals surface area contributed by atoms with Gasteiger partial charge < -0.3 is 20.1 Å². The van der Waals surface area contributed by atoms with Gasteiger partial charge in [0.1, 0.15) is 17.7 Å². The van der Waals surface area contributed by atoms with Crippen molar-refractivity contribution in [2.24, 2.45) is 10.9 Å². The van der Waals surface area contributed by atoms with Gasteiger partial charge >= 0.3 is 0 Å². The van der Waals surface area contributed by atoms with Crippen molar-refractivity contribution in [3.63, 3.8) is 0 Å². The van der Waals surface area contributed by atoms with Gasteiger partial charge in [-0.15, -0.1) is 0 Å². The van der Waals surface area contributed by atoms with Crippen molar-refractivity contribution in [3.8, 4) is 5.75 Å². The third-order valence-corrected chi connectivity index (χ3v) is 5.15. The molecule has 0 aliphatic carbocycles. The van der Waals surface area contributed by atoms with E-state index in [0.29, 0.717) is 18.2 Å². The Hall–Kier alpha value is -2.60. The van der Waals surface area contributed by atoms with E-state index in [4.69, 9.17) is 9.47 Å². The zero-order chi connectivity index (χ0) is 20.5. The van der Waals surface area contributed by atoms with Crippen molar-refractivity contribution in [2.45, 2.75) is 32.0 Å². The molecule has 0 radical (unpaired) electrons. The van der Waals surface area contributed by atoms with Crippen LogP contribution in [0.1, 0.15) is 31.4 Å². The van der Waals surface area contributed by atoms with E-state index in [2.05, 4.69) is 27.8 Å². The lowest BCUT2D eigenvalue weighted by Crippen LogP contribution is -2.44. The van der Waals surface area contributed by atoms with Gasteiger partial charge in [0.15, 0.2) is 5.96 Å². The van der Waals surface area contributed by atoms with E-state index in [1.54, 1.807) is 19.2 Å². The highest BCUT2D eigenvalue weighted by Gasteiger charge is 2.29. The second-order valence-electron chi connectivity index (χ2n) is 7.19. The Morgan fingerprint density at radius 2 is 2.03 bits per heavy atom. The molecule has 0 bridgehead atoms. The van der Waals surface area contributed by atoms with E-state index in [0.717, 1.165) is 32.0 Å². The van der Waals surface area contributed by atoms with Gasteiger partial charge in [0.2, 0.25) is 0 Å². The van der Waals surface area contributed by atoms with Crippen molar-refractivity contribution in [2.75, 3.05) is 26.7 Å². The molecule has 0 spiro atoms. The Labute approximate surface area is 172 Å². The molecule has 1 heterocycles. The topological polar surface area (TPSA) is 54.9 Å². The number of ether oxygens (including phenoxy) is 2. The first-order valence-corrected chi connectivity index (χ1v) is 10.2. The van der Waals surface area contributed by atoms with E-state index in [1.165, 1.54) is 17.7 Å². The van der Waals surface area contributed by atoms with Crippen LogP contribution in [0, 0.1) is 11.7 Å². The van der Waals surface area contributed by atoms with Crippen LogP contribution in [0.15, 0.2) is 59.6 Å². The molecule has 0 aromatic heterocycles. The summed E-state index contributed by atoms with van der Waals surface area (Å²) in [7, 11) is 1.75. The van der Waals surface area contributed by atoms with Crippen LogP contribution in [-0.4, -0.2) is 38.8 Å². The smallest absolute Gasteiger partial charge is 0.191 e. The summed E-state index contributed by atoms with van der Waals surface area (Å²) in [6, 6.07) is 16.6. The summed E-state index contributed by atoms with van der Waals surface area (Å²) in [4.78, 5) is 4.31. The third kappa shape index (κ3) is 6.19. The number of hydrogen-bond acceptors (Lipinski definition) is 3. The Balaban J connectivity index is 1.48. The van der Waals surface area contributed by atoms with Crippen molar-refractivity contribution in [1.82, 2.24) is 10.6 Å². The summed E-state index contributed by atoms with van der Waals surface area (Å²) in [6.45, 7) is 4.18. The van der Waals surface area contributed by atoms with E-state index in [-0.39, 0.29) is 18.0 Å². The maximum absolute atomic E-state index is 13.4. The summed E-state index contributed by atoms with van der Waals surface area (Å²) >= 11 is 0. The molecular weight excluding hydrogens is 369 g/mol. The van der Waals surface area contributed by atoms with E-state index < -0.39 is 0 Å². The van der Waals surface area contributed by atoms with Gasteiger partial charge in [-0.05, 0) is 30.5 Å². The molecular formula is C23H30FN3O2. The van der Waals surface area contributed by atoms with Gasteiger partial charge in [-0.25, -0.2) is 4.39 Å². The first-order valence-electron chi connectivity index (χ1n) is 10.2. The van der Waals surface area contributed by atoms with Gasteiger partial charge in [-0.2, -0.15) is 0 Å². The molecule has 156 valence electrons. The Bertz CT molecular complexity index is 785. The zero-order valence-electron chi connectivity index (χ0n) is 17.1. The first kappa shape index (κ1) is 21.1. The fraction of sp³-hybridized carbons (Fsp3) is 0.435. The molecule has 5 nitrogen and oxygen atoms in total. The van der Waals surface area contributed by atoms with Crippen LogP contribution < -0.4 is 15.4 Å². The van der Waals surface area contributed by atoms with Crippen LogP contribution in [0.2, 0.25) is 0 Å². The maximum atomic E-state index is 13.4. The van der Waals surface area contributed by atoms with Gasteiger partial charge in [0, 0.05) is 32.2 Å². The minimum absolute atomic E-state index is 0.0813. The van der Waals surface area contributed by atoms with E-state index in [1.807, 2.05) is 25.1 Å². The van der Waals surface area contributed by atoms with Crippen molar-refractivity contribution < 1.29 is 13.9 Å². The van der Waals surface area contributed by atoms with Crippen molar-refractivity contribution >= 4 is 5.96 Å². The number of nitrogens with zero attached hydrogens (tertiary/aromatic N) is 1. The predicted molar refractivity (Wildman–Crippen MR) is 114 cm³/mol. The van der Waals surface area contributed by atoms with Crippen LogP contribution >= 0.6 is 0 Å². The lowest BCUT2D eigenvalue weighted by Gasteiger charge is -2.22. The molecule has 3 unspecified atom stereocenters. The minimum atomic E-state index is -0.297. The van der Waals surface area contributed by atoms with E-state index >= 15 is 0 Å². The van der Waals surface area contributed by atoms with Crippen LogP contribution in [-0.2, 0) is 4.74 Å². The Morgan fingerprint density at radius 3 is 2.76 bits per heavy atom. The molecule has 0 amide bonds. The molecule has 3 rings (SSSR count). The number of halogens is 1. The molecule has 3 atom stereocenters. The highest BCUT2D eigenvalue weighted by molar-refractivity contribution is 5.79. The summed E-state index contributed by atoms with van der Waals surface area (Å²) in [5.74, 6) is 1.36. The lowest BCUT2D eigenvalue weighted by atomic mass is 9.95. The van der Waals surface area contributed by atoms with Crippen molar-refractivity contribution in [1.29, 1.82) is 0 Å². The standard InChI is InChI=1S/C23H30FN3O2/c1-3-20(29-21-11-7-10-19(24)14-21)16-27-23(25-2)26-15-18-12-13-28-22(18)17-8-5-4-6-9-17/h4-11,14,18,20,22H,3,12-13,15-16H2,1-2H3,(H2,25,26,27).